The number of aryl methyl sites for hydroxylation is 1. The number of anilines is 1. The Morgan fingerprint density at radius 3 is 2.47 bits per heavy atom. The van der Waals surface area contributed by atoms with Crippen LogP contribution in [0.1, 0.15) is 25.3 Å². The van der Waals surface area contributed by atoms with E-state index in [-0.39, 0.29) is 18.3 Å². The lowest BCUT2D eigenvalue weighted by molar-refractivity contribution is -0.162. The normalized spacial score (nSPS) is 15.8. The average Bonchev–Trinajstić information content (AvgIpc) is 2.86. The quantitative estimate of drug-likeness (QED) is 0.407. The number of piperazine rings is 1. The van der Waals surface area contributed by atoms with Gasteiger partial charge in [0.05, 0.1) is 30.9 Å². The Morgan fingerprint density at radius 2 is 1.82 bits per heavy atom. The maximum atomic E-state index is 14.1. The second-order valence-electron chi connectivity index (χ2n) is 8.31. The van der Waals surface area contributed by atoms with Gasteiger partial charge in [-0.05, 0) is 56.0 Å². The summed E-state index contributed by atoms with van der Waals surface area (Å²) in [6.45, 7) is 4.23. The number of aliphatic hydroxyl groups is 1. The Kier molecular flexibility index (Phi) is 10.1. The Bertz CT molecular complexity index is 890. The molecule has 2 atom stereocenters. The third kappa shape index (κ3) is 7.14. The van der Waals surface area contributed by atoms with Gasteiger partial charge in [0.1, 0.15) is 11.6 Å². The molecule has 0 aromatic heterocycles. The maximum Gasteiger partial charge on any atom is 0.228 e. The second kappa shape index (κ2) is 13.2. The molecule has 34 heavy (non-hydrogen) atoms. The first kappa shape index (κ1) is 25.9. The minimum Gasteiger partial charge on any atom is -0.494 e. The topological polar surface area (TPSA) is 94.5 Å². The first-order chi connectivity index (χ1) is 16.5. The van der Waals surface area contributed by atoms with E-state index >= 15 is 0 Å². The number of carbonyl (C=O) groups is 1. The average molecular weight is 476 g/mol. The van der Waals surface area contributed by atoms with Crippen LogP contribution in [-0.2, 0) is 16.1 Å². The number of amides is 1. The number of para-hydroxylation sites is 1. The summed E-state index contributed by atoms with van der Waals surface area (Å²) in [6, 6.07) is 14.5. The highest BCUT2D eigenvalue weighted by molar-refractivity contribution is 5.79. The largest absolute Gasteiger partial charge is 0.494 e. The van der Waals surface area contributed by atoms with Crippen molar-refractivity contribution in [2.24, 2.45) is 5.92 Å². The number of aliphatic hydroxyl groups excluding tert-OH is 1. The van der Waals surface area contributed by atoms with E-state index in [0.29, 0.717) is 51.3 Å². The van der Waals surface area contributed by atoms with Crippen LogP contribution in [0.2, 0.25) is 0 Å². The van der Waals surface area contributed by atoms with Crippen LogP contribution >= 0.6 is 0 Å². The smallest absolute Gasteiger partial charge is 0.228 e. The summed E-state index contributed by atoms with van der Waals surface area (Å²) in [5.41, 5.74) is 3.21. The van der Waals surface area contributed by atoms with Gasteiger partial charge in [-0.15, -0.1) is 0 Å². The van der Waals surface area contributed by atoms with Gasteiger partial charge in [0, 0.05) is 26.2 Å². The molecule has 0 radical (unpaired) electrons. The van der Waals surface area contributed by atoms with E-state index in [1.54, 1.807) is 28.7 Å². The zero-order chi connectivity index (χ0) is 24.3. The van der Waals surface area contributed by atoms with Gasteiger partial charge in [0.15, 0.2) is 0 Å². The highest BCUT2D eigenvalue weighted by Gasteiger charge is 2.32. The van der Waals surface area contributed by atoms with E-state index in [4.69, 9.17) is 14.8 Å². The number of rotatable bonds is 12. The minimum atomic E-state index is -1.07. The maximum absolute atomic E-state index is 14.1. The van der Waals surface area contributed by atoms with Gasteiger partial charge < -0.3 is 19.6 Å². The summed E-state index contributed by atoms with van der Waals surface area (Å²) in [5.74, 6) is -0.290. The molecule has 2 aromatic carbocycles. The zero-order valence-electron chi connectivity index (χ0n) is 19.5. The van der Waals surface area contributed by atoms with Crippen molar-refractivity contribution in [2.45, 2.75) is 32.3 Å². The van der Waals surface area contributed by atoms with Gasteiger partial charge in [-0.2, -0.15) is 0 Å². The Labute approximate surface area is 199 Å². The number of benzene rings is 2. The van der Waals surface area contributed by atoms with E-state index < -0.39 is 12.0 Å². The standard InChI is InChI=1S/C25H34FN3O5/c1-2-33-20-12-10-19(11-13-20)6-5-7-21(24(30)18-34-27-32)25(31)29-16-14-28(15-17-29)23-9-4-3-8-22(23)26/h3-4,8-13,21,24,27,30,32H,2,5-7,14-18H2,1H3/t21-,24-/m1/s1. The van der Waals surface area contributed by atoms with E-state index in [1.807, 2.05) is 36.1 Å². The molecule has 9 heteroatoms. The molecule has 1 saturated heterocycles. The minimum absolute atomic E-state index is 0.158. The Balaban J connectivity index is 1.57. The molecule has 1 fully saturated rings. The first-order valence-electron chi connectivity index (χ1n) is 11.7. The van der Waals surface area contributed by atoms with Crippen LogP contribution < -0.4 is 15.3 Å². The summed E-state index contributed by atoms with van der Waals surface area (Å²) in [5, 5.41) is 19.3. The zero-order valence-corrected chi connectivity index (χ0v) is 19.5. The number of nitrogens with one attached hydrogen (secondary N) is 1. The number of halogens is 1. The number of hydrogen-bond donors (Lipinski definition) is 3. The van der Waals surface area contributed by atoms with Crippen molar-refractivity contribution in [1.29, 1.82) is 0 Å². The van der Waals surface area contributed by atoms with Crippen molar-refractivity contribution in [3.8, 4) is 5.75 Å². The summed E-state index contributed by atoms with van der Waals surface area (Å²) in [7, 11) is 0. The molecule has 3 rings (SSSR count). The fraction of sp³-hybridized carbons (Fsp3) is 0.480. The van der Waals surface area contributed by atoms with Gasteiger partial charge in [0.25, 0.3) is 0 Å². The highest BCUT2D eigenvalue weighted by Crippen LogP contribution is 2.23. The third-order valence-electron chi connectivity index (χ3n) is 6.10. The molecule has 0 bridgehead atoms. The lowest BCUT2D eigenvalue weighted by Crippen LogP contribution is -2.52. The van der Waals surface area contributed by atoms with Gasteiger partial charge in [-0.25, -0.2) is 4.39 Å². The fourth-order valence-corrected chi connectivity index (χ4v) is 4.27. The van der Waals surface area contributed by atoms with Crippen molar-refractivity contribution in [3.63, 3.8) is 0 Å². The first-order valence-corrected chi connectivity index (χ1v) is 11.7. The van der Waals surface area contributed by atoms with Crippen LogP contribution in [0.4, 0.5) is 10.1 Å². The molecule has 1 amide bonds. The van der Waals surface area contributed by atoms with E-state index in [0.717, 1.165) is 17.7 Å². The van der Waals surface area contributed by atoms with Gasteiger partial charge in [-0.3, -0.25) is 14.8 Å². The number of nitrogens with zero attached hydrogens (tertiary/aromatic N) is 2. The summed E-state index contributed by atoms with van der Waals surface area (Å²) in [4.78, 5) is 21.7. The Hall–Kier alpha value is -2.72. The molecule has 8 nitrogen and oxygen atoms in total. The number of carbonyl (C=O) groups excluding carboxylic acids is 1. The molecule has 0 unspecified atom stereocenters. The molecule has 1 aliphatic rings. The summed E-state index contributed by atoms with van der Waals surface area (Å²) in [6.07, 6.45) is 0.846. The molecule has 0 spiro atoms. The number of hydrogen-bond acceptors (Lipinski definition) is 7. The van der Waals surface area contributed by atoms with Crippen molar-refractivity contribution in [3.05, 3.63) is 59.9 Å². The van der Waals surface area contributed by atoms with E-state index in [1.165, 1.54) is 6.07 Å². The highest BCUT2D eigenvalue weighted by atomic mass is 19.1. The van der Waals surface area contributed by atoms with Crippen LogP contribution in [-0.4, -0.2) is 66.6 Å². The number of ether oxygens (including phenoxy) is 1. The van der Waals surface area contributed by atoms with Crippen LogP contribution in [0.15, 0.2) is 48.5 Å². The van der Waals surface area contributed by atoms with Crippen molar-refractivity contribution < 1.29 is 29.1 Å². The fourth-order valence-electron chi connectivity index (χ4n) is 4.27. The molecule has 186 valence electrons. The molecule has 1 aliphatic heterocycles. The molecule has 1 heterocycles. The molecular formula is C25H34FN3O5. The van der Waals surface area contributed by atoms with Crippen molar-refractivity contribution in [1.82, 2.24) is 10.5 Å². The third-order valence-corrected chi connectivity index (χ3v) is 6.10. The molecule has 0 saturated carbocycles. The van der Waals surface area contributed by atoms with Gasteiger partial charge in [-0.1, -0.05) is 29.9 Å². The second-order valence-corrected chi connectivity index (χ2v) is 8.31. The predicted octanol–water partition coefficient (Wildman–Crippen LogP) is 2.78. The van der Waals surface area contributed by atoms with E-state index in [2.05, 4.69) is 0 Å². The molecule has 2 aromatic rings. The van der Waals surface area contributed by atoms with E-state index in [9.17, 15) is 14.3 Å². The predicted molar refractivity (Wildman–Crippen MR) is 126 cm³/mol. The lowest BCUT2D eigenvalue weighted by Gasteiger charge is -2.38. The van der Waals surface area contributed by atoms with Crippen molar-refractivity contribution >= 4 is 11.6 Å². The summed E-state index contributed by atoms with van der Waals surface area (Å²) < 4.78 is 19.6. The molecule has 0 aliphatic carbocycles. The SMILES string of the molecule is CCOc1ccc(CCC[C@@H](C(=O)N2CCN(c3ccccc3F)CC2)[C@H](O)CONO)cc1. The lowest BCUT2D eigenvalue weighted by atomic mass is 9.93. The van der Waals surface area contributed by atoms with Crippen LogP contribution in [0.5, 0.6) is 5.75 Å². The molecular weight excluding hydrogens is 441 g/mol. The van der Waals surface area contributed by atoms with Gasteiger partial charge >= 0.3 is 0 Å². The Morgan fingerprint density at radius 1 is 1.12 bits per heavy atom. The molecule has 3 N–H and O–H groups in total. The van der Waals surface area contributed by atoms with Crippen LogP contribution in [0.25, 0.3) is 0 Å². The van der Waals surface area contributed by atoms with Crippen LogP contribution in [0, 0.1) is 11.7 Å². The van der Waals surface area contributed by atoms with Crippen molar-refractivity contribution in [2.75, 3.05) is 44.3 Å². The summed E-state index contributed by atoms with van der Waals surface area (Å²) >= 11 is 0. The van der Waals surface area contributed by atoms with Gasteiger partial charge in [0.2, 0.25) is 5.91 Å². The van der Waals surface area contributed by atoms with Crippen LogP contribution in [0.3, 0.4) is 0 Å². The monoisotopic (exact) mass is 475 g/mol.